The molecule has 2 aromatic rings. The summed E-state index contributed by atoms with van der Waals surface area (Å²) in [6, 6.07) is 21.5. The molecule has 5 rings (SSSR count). The summed E-state index contributed by atoms with van der Waals surface area (Å²) in [6.07, 6.45) is 7.93. The SMILES string of the molecule is c1ccc([C@@H]2C[C@H]2NC2CCN(CCNc3ccc(N4CCCCC4)cc3)CC2)cc1. The first-order valence-corrected chi connectivity index (χ1v) is 12.5. The first kappa shape index (κ1) is 20.8. The fourth-order valence-corrected chi connectivity index (χ4v) is 5.37. The lowest BCUT2D eigenvalue weighted by molar-refractivity contribution is 0.203. The molecule has 0 radical (unpaired) electrons. The lowest BCUT2D eigenvalue weighted by atomic mass is 10.0. The van der Waals surface area contributed by atoms with Crippen molar-refractivity contribution in [3.05, 3.63) is 60.2 Å². The molecule has 1 aliphatic carbocycles. The molecule has 166 valence electrons. The number of nitrogens with zero attached hydrogens (tertiary/aromatic N) is 2. The minimum absolute atomic E-state index is 0.699. The highest BCUT2D eigenvalue weighted by Crippen LogP contribution is 2.41. The number of benzene rings is 2. The largest absolute Gasteiger partial charge is 0.384 e. The van der Waals surface area contributed by atoms with Crippen molar-refractivity contribution < 1.29 is 0 Å². The molecule has 2 atom stereocenters. The Morgan fingerprint density at radius 1 is 0.806 bits per heavy atom. The smallest absolute Gasteiger partial charge is 0.0367 e. The lowest BCUT2D eigenvalue weighted by Crippen LogP contribution is -2.44. The molecule has 2 heterocycles. The van der Waals surface area contributed by atoms with Gasteiger partial charge in [0, 0.05) is 55.6 Å². The standard InChI is InChI=1S/C27H38N4/c1-3-7-22(8-4-1)26-21-27(26)29-24-13-18-30(19-14-24)20-15-28-23-9-11-25(12-10-23)31-16-5-2-6-17-31/h1,3-4,7-12,24,26-29H,2,5-6,13-21H2/t26-,27+/m0/s1. The third-order valence-electron chi connectivity index (χ3n) is 7.40. The van der Waals surface area contributed by atoms with Crippen LogP contribution in [0.1, 0.15) is 50.0 Å². The number of nitrogens with one attached hydrogen (secondary N) is 2. The zero-order valence-electron chi connectivity index (χ0n) is 18.8. The minimum Gasteiger partial charge on any atom is -0.384 e. The number of hydrogen-bond donors (Lipinski definition) is 2. The van der Waals surface area contributed by atoms with Crippen LogP contribution in [0.3, 0.4) is 0 Å². The quantitative estimate of drug-likeness (QED) is 0.651. The fraction of sp³-hybridized carbons (Fsp3) is 0.556. The molecule has 3 aliphatic rings. The number of hydrogen-bond acceptors (Lipinski definition) is 4. The van der Waals surface area contributed by atoms with Crippen molar-refractivity contribution in [2.45, 2.75) is 56.5 Å². The van der Waals surface area contributed by atoms with Crippen molar-refractivity contribution in [3.8, 4) is 0 Å². The molecule has 0 unspecified atom stereocenters. The van der Waals surface area contributed by atoms with Gasteiger partial charge in [-0.05, 0) is 81.4 Å². The van der Waals surface area contributed by atoms with Gasteiger partial charge in [0.1, 0.15) is 0 Å². The zero-order chi connectivity index (χ0) is 20.9. The van der Waals surface area contributed by atoms with E-state index in [4.69, 9.17) is 0 Å². The van der Waals surface area contributed by atoms with E-state index >= 15 is 0 Å². The molecule has 1 saturated carbocycles. The molecule has 3 fully saturated rings. The first-order valence-electron chi connectivity index (χ1n) is 12.5. The van der Waals surface area contributed by atoms with Gasteiger partial charge in [0.05, 0.1) is 0 Å². The van der Waals surface area contributed by atoms with Gasteiger partial charge < -0.3 is 20.4 Å². The third kappa shape index (κ3) is 5.61. The van der Waals surface area contributed by atoms with Gasteiger partial charge in [-0.25, -0.2) is 0 Å². The summed E-state index contributed by atoms with van der Waals surface area (Å²) in [4.78, 5) is 5.14. The zero-order valence-corrected chi connectivity index (χ0v) is 18.8. The Balaban J connectivity index is 0.982. The second-order valence-corrected chi connectivity index (χ2v) is 9.66. The Labute approximate surface area is 188 Å². The van der Waals surface area contributed by atoms with Crippen LogP contribution in [0, 0.1) is 0 Å². The molecular weight excluding hydrogens is 380 g/mol. The third-order valence-corrected chi connectivity index (χ3v) is 7.40. The van der Waals surface area contributed by atoms with E-state index in [1.54, 1.807) is 0 Å². The van der Waals surface area contributed by atoms with Crippen LogP contribution in [0.25, 0.3) is 0 Å². The Morgan fingerprint density at radius 3 is 2.29 bits per heavy atom. The van der Waals surface area contributed by atoms with Crippen LogP contribution in [0.15, 0.2) is 54.6 Å². The number of piperidine rings is 2. The maximum absolute atomic E-state index is 3.93. The Bertz CT molecular complexity index is 792. The molecule has 2 N–H and O–H groups in total. The summed E-state index contributed by atoms with van der Waals surface area (Å²) < 4.78 is 0. The summed E-state index contributed by atoms with van der Waals surface area (Å²) in [5, 5.41) is 7.55. The average Bonchev–Trinajstić information content (AvgIpc) is 3.61. The van der Waals surface area contributed by atoms with Gasteiger partial charge in [-0.15, -0.1) is 0 Å². The monoisotopic (exact) mass is 418 g/mol. The van der Waals surface area contributed by atoms with Crippen molar-refractivity contribution in [2.75, 3.05) is 49.5 Å². The molecule has 0 aromatic heterocycles. The maximum atomic E-state index is 3.93. The summed E-state index contributed by atoms with van der Waals surface area (Å²) in [5.41, 5.74) is 4.13. The van der Waals surface area contributed by atoms with E-state index in [9.17, 15) is 0 Å². The Hall–Kier alpha value is -2.04. The molecule has 2 aromatic carbocycles. The van der Waals surface area contributed by atoms with E-state index < -0.39 is 0 Å². The normalized spacial score (nSPS) is 24.8. The molecule has 31 heavy (non-hydrogen) atoms. The van der Waals surface area contributed by atoms with Crippen molar-refractivity contribution in [2.24, 2.45) is 0 Å². The Kier molecular flexibility index (Phi) is 6.76. The number of rotatable bonds is 8. The van der Waals surface area contributed by atoms with Crippen LogP contribution in [0.2, 0.25) is 0 Å². The van der Waals surface area contributed by atoms with Crippen LogP contribution < -0.4 is 15.5 Å². The van der Waals surface area contributed by atoms with E-state index in [2.05, 4.69) is 75.0 Å². The second kappa shape index (κ2) is 10.1. The molecule has 4 heteroatoms. The predicted molar refractivity (Wildman–Crippen MR) is 131 cm³/mol. The summed E-state index contributed by atoms with van der Waals surface area (Å²) in [6.45, 7) is 7.03. The van der Waals surface area contributed by atoms with Crippen molar-refractivity contribution >= 4 is 11.4 Å². The molecule has 2 saturated heterocycles. The predicted octanol–water partition coefficient (Wildman–Crippen LogP) is 4.70. The molecule has 0 amide bonds. The van der Waals surface area contributed by atoms with Crippen molar-refractivity contribution in [3.63, 3.8) is 0 Å². The van der Waals surface area contributed by atoms with E-state index in [1.807, 2.05) is 0 Å². The maximum Gasteiger partial charge on any atom is 0.0367 e. The minimum atomic E-state index is 0.699. The lowest BCUT2D eigenvalue weighted by Gasteiger charge is -2.32. The highest BCUT2D eigenvalue weighted by molar-refractivity contribution is 5.55. The molecule has 4 nitrogen and oxygen atoms in total. The number of anilines is 2. The van der Waals surface area contributed by atoms with Crippen LogP contribution in [-0.4, -0.2) is 56.3 Å². The van der Waals surface area contributed by atoms with E-state index in [0.717, 1.165) is 19.0 Å². The van der Waals surface area contributed by atoms with Gasteiger partial charge in [0.25, 0.3) is 0 Å². The number of likely N-dealkylation sites (tertiary alicyclic amines) is 1. The first-order chi connectivity index (χ1) is 15.3. The molecule has 2 aliphatic heterocycles. The van der Waals surface area contributed by atoms with Gasteiger partial charge in [-0.3, -0.25) is 0 Å². The highest BCUT2D eigenvalue weighted by Gasteiger charge is 2.39. The van der Waals surface area contributed by atoms with Gasteiger partial charge >= 0.3 is 0 Å². The Morgan fingerprint density at radius 2 is 1.55 bits per heavy atom. The highest BCUT2D eigenvalue weighted by atomic mass is 15.2. The van der Waals surface area contributed by atoms with Crippen LogP contribution in [0.4, 0.5) is 11.4 Å². The van der Waals surface area contributed by atoms with Gasteiger partial charge in [0.2, 0.25) is 0 Å². The van der Waals surface area contributed by atoms with E-state index in [-0.39, 0.29) is 0 Å². The van der Waals surface area contributed by atoms with Crippen LogP contribution >= 0.6 is 0 Å². The molecule has 0 bridgehead atoms. The average molecular weight is 419 g/mol. The van der Waals surface area contributed by atoms with Crippen molar-refractivity contribution in [1.82, 2.24) is 10.2 Å². The summed E-state index contributed by atoms with van der Waals surface area (Å²) >= 11 is 0. The van der Waals surface area contributed by atoms with Crippen molar-refractivity contribution in [1.29, 1.82) is 0 Å². The summed E-state index contributed by atoms with van der Waals surface area (Å²) in [7, 11) is 0. The second-order valence-electron chi connectivity index (χ2n) is 9.66. The van der Waals surface area contributed by atoms with E-state index in [1.165, 1.54) is 81.6 Å². The van der Waals surface area contributed by atoms with Gasteiger partial charge in [0.15, 0.2) is 0 Å². The topological polar surface area (TPSA) is 30.5 Å². The fourth-order valence-electron chi connectivity index (χ4n) is 5.37. The molecule has 0 spiro atoms. The van der Waals surface area contributed by atoms with Crippen LogP contribution in [-0.2, 0) is 0 Å². The van der Waals surface area contributed by atoms with Gasteiger partial charge in [-0.2, -0.15) is 0 Å². The molecular formula is C27H38N4. The van der Waals surface area contributed by atoms with E-state index in [0.29, 0.717) is 12.1 Å². The van der Waals surface area contributed by atoms with Crippen LogP contribution in [0.5, 0.6) is 0 Å². The summed E-state index contributed by atoms with van der Waals surface area (Å²) in [5.74, 6) is 0.740. The van der Waals surface area contributed by atoms with Gasteiger partial charge in [-0.1, -0.05) is 30.3 Å².